The number of ether oxygens (including phenoxy) is 1. The molecule has 1 aliphatic heterocycles. The highest BCUT2D eigenvalue weighted by Crippen LogP contribution is 2.37. The molecule has 0 aliphatic carbocycles. The highest BCUT2D eigenvalue weighted by molar-refractivity contribution is 7.92. The summed E-state index contributed by atoms with van der Waals surface area (Å²) in [6.45, 7) is 0.158. The molecule has 33 heavy (non-hydrogen) atoms. The summed E-state index contributed by atoms with van der Waals surface area (Å²) in [6, 6.07) is 20.5. The third-order valence-corrected chi connectivity index (χ3v) is 7.39. The topological polar surface area (TPSA) is 79.0 Å². The maximum atomic E-state index is 13.4. The molecule has 0 fully saturated rings. The Kier molecular flexibility index (Phi) is 6.49. The van der Waals surface area contributed by atoms with Crippen LogP contribution in [-0.2, 0) is 21.4 Å². The zero-order valence-corrected chi connectivity index (χ0v) is 19.8. The van der Waals surface area contributed by atoms with Crippen LogP contribution >= 0.6 is 11.6 Å². The number of anilines is 2. The first kappa shape index (κ1) is 22.9. The standard InChI is InChI=1S/C24H24ClN3O4S/c1-27(2)19-11-7-17(8-12-19)15-26-24(29)23-16-28(21-5-3-4-6-22(21)32-23)33(30,31)20-13-9-18(25)10-14-20/h3-14,23H,15-16H2,1-2H3,(H,26,29). The van der Waals surface area contributed by atoms with Crippen molar-refractivity contribution in [2.24, 2.45) is 0 Å². The Bertz CT molecular complexity index is 1250. The van der Waals surface area contributed by atoms with E-state index < -0.39 is 22.0 Å². The van der Waals surface area contributed by atoms with Gasteiger partial charge in [0.2, 0.25) is 0 Å². The monoisotopic (exact) mass is 485 g/mol. The van der Waals surface area contributed by atoms with E-state index in [2.05, 4.69) is 5.32 Å². The molecular weight excluding hydrogens is 462 g/mol. The van der Waals surface area contributed by atoms with Crippen LogP contribution in [0.3, 0.4) is 0 Å². The van der Waals surface area contributed by atoms with Gasteiger partial charge in [-0.3, -0.25) is 9.10 Å². The second-order valence-electron chi connectivity index (χ2n) is 7.84. The quantitative estimate of drug-likeness (QED) is 0.576. The van der Waals surface area contributed by atoms with Crippen LogP contribution in [0.25, 0.3) is 0 Å². The number of halogens is 1. The molecule has 1 atom stereocenters. The molecule has 172 valence electrons. The maximum Gasteiger partial charge on any atom is 0.264 e. The molecule has 3 aromatic carbocycles. The van der Waals surface area contributed by atoms with Crippen molar-refractivity contribution in [2.45, 2.75) is 17.5 Å². The largest absolute Gasteiger partial charge is 0.476 e. The Morgan fingerprint density at radius 1 is 1.06 bits per heavy atom. The summed E-state index contributed by atoms with van der Waals surface area (Å²) in [5.74, 6) is -0.0609. The average molecular weight is 486 g/mol. The van der Waals surface area contributed by atoms with E-state index in [1.807, 2.05) is 43.3 Å². The second-order valence-corrected chi connectivity index (χ2v) is 10.1. The van der Waals surface area contributed by atoms with Crippen molar-refractivity contribution in [3.05, 3.63) is 83.4 Å². The molecule has 1 aliphatic rings. The third-order valence-electron chi connectivity index (χ3n) is 5.35. The van der Waals surface area contributed by atoms with E-state index in [0.29, 0.717) is 23.0 Å². The van der Waals surface area contributed by atoms with E-state index in [0.717, 1.165) is 11.3 Å². The maximum absolute atomic E-state index is 13.4. The van der Waals surface area contributed by atoms with Crippen molar-refractivity contribution in [1.29, 1.82) is 0 Å². The lowest BCUT2D eigenvalue weighted by molar-refractivity contribution is -0.127. The number of carbonyl (C=O) groups is 1. The molecule has 0 saturated heterocycles. The Hall–Kier alpha value is -3.23. The van der Waals surface area contributed by atoms with Crippen LogP contribution in [0.15, 0.2) is 77.7 Å². The highest BCUT2D eigenvalue weighted by Gasteiger charge is 2.37. The van der Waals surface area contributed by atoms with Crippen LogP contribution in [0.2, 0.25) is 5.02 Å². The van der Waals surface area contributed by atoms with Crippen molar-refractivity contribution < 1.29 is 17.9 Å². The number of sulfonamides is 1. The molecule has 1 unspecified atom stereocenters. The van der Waals surface area contributed by atoms with Gasteiger partial charge in [0.1, 0.15) is 5.75 Å². The number of carbonyl (C=O) groups excluding carboxylic acids is 1. The summed E-state index contributed by atoms with van der Waals surface area (Å²) in [7, 11) is -0.0142. The minimum absolute atomic E-state index is 0.0868. The first-order valence-corrected chi connectivity index (χ1v) is 12.2. The van der Waals surface area contributed by atoms with Gasteiger partial charge in [-0.05, 0) is 54.1 Å². The molecule has 1 heterocycles. The minimum atomic E-state index is -3.93. The SMILES string of the molecule is CN(C)c1ccc(CNC(=O)C2CN(S(=O)(=O)c3ccc(Cl)cc3)c3ccccc3O2)cc1. The van der Waals surface area contributed by atoms with Gasteiger partial charge in [-0.2, -0.15) is 0 Å². The van der Waals surface area contributed by atoms with Gasteiger partial charge in [0.25, 0.3) is 15.9 Å². The summed E-state index contributed by atoms with van der Waals surface area (Å²) in [4.78, 5) is 15.0. The first-order chi connectivity index (χ1) is 15.8. The van der Waals surface area contributed by atoms with Gasteiger partial charge in [0.05, 0.1) is 17.1 Å². The Labute approximate surface area is 198 Å². The van der Waals surface area contributed by atoms with E-state index in [1.165, 1.54) is 28.6 Å². The lowest BCUT2D eigenvalue weighted by Crippen LogP contribution is -2.50. The highest BCUT2D eigenvalue weighted by atomic mass is 35.5. The van der Waals surface area contributed by atoms with Gasteiger partial charge in [0.15, 0.2) is 6.10 Å². The molecule has 4 rings (SSSR count). The van der Waals surface area contributed by atoms with E-state index in [4.69, 9.17) is 16.3 Å². The number of hydrogen-bond donors (Lipinski definition) is 1. The number of rotatable bonds is 6. The second kappa shape index (κ2) is 9.33. The van der Waals surface area contributed by atoms with Crippen molar-refractivity contribution in [2.75, 3.05) is 29.8 Å². The van der Waals surface area contributed by atoms with Crippen LogP contribution in [-0.4, -0.2) is 41.1 Å². The van der Waals surface area contributed by atoms with Crippen LogP contribution in [0.4, 0.5) is 11.4 Å². The van der Waals surface area contributed by atoms with Crippen molar-refractivity contribution >= 4 is 38.9 Å². The van der Waals surface area contributed by atoms with Crippen molar-refractivity contribution in [3.8, 4) is 5.75 Å². The molecule has 0 aromatic heterocycles. The molecule has 0 saturated carbocycles. The number of amides is 1. The molecular formula is C24H24ClN3O4S. The Morgan fingerprint density at radius 2 is 1.73 bits per heavy atom. The van der Waals surface area contributed by atoms with Crippen LogP contribution in [0.1, 0.15) is 5.56 Å². The first-order valence-electron chi connectivity index (χ1n) is 10.3. The van der Waals surface area contributed by atoms with E-state index in [9.17, 15) is 13.2 Å². The van der Waals surface area contributed by atoms with Gasteiger partial charge in [-0.15, -0.1) is 0 Å². The number of nitrogens with zero attached hydrogens (tertiary/aromatic N) is 2. The fourth-order valence-corrected chi connectivity index (χ4v) is 5.12. The summed E-state index contributed by atoms with van der Waals surface area (Å²) < 4.78 is 33.9. The lowest BCUT2D eigenvalue weighted by Gasteiger charge is -2.34. The van der Waals surface area contributed by atoms with Gasteiger partial charge in [-0.1, -0.05) is 35.9 Å². The fourth-order valence-electron chi connectivity index (χ4n) is 3.52. The minimum Gasteiger partial charge on any atom is -0.476 e. The van der Waals surface area contributed by atoms with E-state index >= 15 is 0 Å². The third kappa shape index (κ3) is 4.91. The predicted molar refractivity (Wildman–Crippen MR) is 129 cm³/mol. The normalized spacial score (nSPS) is 15.4. The smallest absolute Gasteiger partial charge is 0.264 e. The summed E-state index contributed by atoms with van der Waals surface area (Å²) in [5, 5.41) is 3.29. The zero-order valence-electron chi connectivity index (χ0n) is 18.2. The number of nitrogens with one attached hydrogen (secondary N) is 1. The van der Waals surface area contributed by atoms with Gasteiger partial charge in [0, 0.05) is 31.4 Å². The Morgan fingerprint density at radius 3 is 2.39 bits per heavy atom. The number of para-hydroxylation sites is 2. The molecule has 1 N–H and O–H groups in total. The van der Waals surface area contributed by atoms with Crippen molar-refractivity contribution in [3.63, 3.8) is 0 Å². The van der Waals surface area contributed by atoms with Crippen LogP contribution in [0.5, 0.6) is 5.75 Å². The van der Waals surface area contributed by atoms with Gasteiger partial charge >= 0.3 is 0 Å². The number of hydrogen-bond acceptors (Lipinski definition) is 5. The lowest BCUT2D eigenvalue weighted by atomic mass is 10.2. The molecule has 0 radical (unpaired) electrons. The molecule has 0 spiro atoms. The van der Waals surface area contributed by atoms with Crippen molar-refractivity contribution in [1.82, 2.24) is 5.32 Å². The molecule has 0 bridgehead atoms. The molecule has 3 aromatic rings. The predicted octanol–water partition coefficient (Wildman–Crippen LogP) is 3.68. The van der Waals surface area contributed by atoms with E-state index in [1.54, 1.807) is 24.3 Å². The van der Waals surface area contributed by atoms with E-state index in [-0.39, 0.29) is 11.4 Å². The number of fused-ring (bicyclic) bond motifs is 1. The van der Waals surface area contributed by atoms with Gasteiger partial charge in [-0.25, -0.2) is 8.42 Å². The molecule has 9 heteroatoms. The van der Waals surface area contributed by atoms with Crippen LogP contribution < -0.4 is 19.3 Å². The summed E-state index contributed by atoms with van der Waals surface area (Å²) in [6.07, 6.45) is -0.997. The Balaban J connectivity index is 1.54. The summed E-state index contributed by atoms with van der Waals surface area (Å²) >= 11 is 5.92. The van der Waals surface area contributed by atoms with Gasteiger partial charge < -0.3 is 15.0 Å². The zero-order chi connectivity index (χ0) is 23.6. The number of benzene rings is 3. The average Bonchev–Trinajstić information content (AvgIpc) is 2.82. The fraction of sp³-hybridized carbons (Fsp3) is 0.208. The summed E-state index contributed by atoms with van der Waals surface area (Å²) in [5.41, 5.74) is 2.37. The molecule has 7 nitrogen and oxygen atoms in total. The van der Waals surface area contributed by atoms with Crippen LogP contribution in [0, 0.1) is 0 Å². The molecule has 1 amide bonds.